The Morgan fingerprint density at radius 1 is 1.10 bits per heavy atom. The number of anilines is 1. The molecule has 1 aromatic rings. The summed E-state index contributed by atoms with van der Waals surface area (Å²) in [5.74, 6) is 0. The van der Waals surface area contributed by atoms with Gasteiger partial charge in [-0.1, -0.05) is 0 Å². The summed E-state index contributed by atoms with van der Waals surface area (Å²) < 4.78 is 38.8. The Kier molecular flexibility index (Phi) is 4.11. The molecule has 1 heterocycles. The van der Waals surface area contributed by atoms with Gasteiger partial charge in [0.15, 0.2) is 0 Å². The van der Waals surface area contributed by atoms with E-state index in [1.165, 1.54) is 18.6 Å². The molecule has 2 aliphatic rings. The van der Waals surface area contributed by atoms with E-state index in [4.69, 9.17) is 0 Å². The molecule has 1 aliphatic carbocycles. The average molecular weight is 298 g/mol. The second kappa shape index (κ2) is 5.87. The van der Waals surface area contributed by atoms with Crippen molar-refractivity contribution in [3.8, 4) is 0 Å². The minimum absolute atomic E-state index is 0.494. The first kappa shape index (κ1) is 14.7. The van der Waals surface area contributed by atoms with Gasteiger partial charge < -0.3 is 10.2 Å². The third-order valence-electron chi connectivity index (χ3n) is 4.26. The number of alkyl halides is 3. The van der Waals surface area contributed by atoms with E-state index in [9.17, 15) is 13.2 Å². The number of halogens is 3. The molecular formula is C16H21F3N2. The summed E-state index contributed by atoms with van der Waals surface area (Å²) in [5, 5.41) is 3.34. The summed E-state index contributed by atoms with van der Waals surface area (Å²) in [5.41, 5.74) is 1.20. The molecule has 1 saturated heterocycles. The highest BCUT2D eigenvalue weighted by atomic mass is 19.4. The van der Waals surface area contributed by atoms with Gasteiger partial charge in [0, 0.05) is 31.4 Å². The third-order valence-corrected chi connectivity index (χ3v) is 4.26. The van der Waals surface area contributed by atoms with Gasteiger partial charge in [-0.25, -0.2) is 0 Å². The van der Waals surface area contributed by atoms with Gasteiger partial charge in [0.05, 0.1) is 5.56 Å². The van der Waals surface area contributed by atoms with Gasteiger partial charge >= 0.3 is 6.18 Å². The zero-order valence-corrected chi connectivity index (χ0v) is 12.0. The fraction of sp³-hybridized carbons (Fsp3) is 0.625. The lowest BCUT2D eigenvalue weighted by Gasteiger charge is -2.31. The molecule has 21 heavy (non-hydrogen) atoms. The third kappa shape index (κ3) is 3.70. The molecule has 0 spiro atoms. The molecule has 0 amide bonds. The molecular weight excluding hydrogens is 277 g/mol. The smallest absolute Gasteiger partial charge is 0.371 e. The molecule has 3 rings (SSSR count). The number of benzene rings is 1. The van der Waals surface area contributed by atoms with Crippen LogP contribution in [-0.2, 0) is 12.7 Å². The number of nitrogens with one attached hydrogen (secondary N) is 1. The van der Waals surface area contributed by atoms with E-state index >= 15 is 0 Å². The molecule has 1 aromatic carbocycles. The highest BCUT2D eigenvalue weighted by Crippen LogP contribution is 2.34. The van der Waals surface area contributed by atoms with Crippen LogP contribution >= 0.6 is 0 Å². The SMILES string of the molecule is FC(F)(F)c1ccc(N2CCCCC2)c(CNC2CC2)c1. The van der Waals surface area contributed by atoms with Crippen LogP contribution in [0.25, 0.3) is 0 Å². The lowest BCUT2D eigenvalue weighted by Crippen LogP contribution is -2.31. The maximum absolute atomic E-state index is 12.9. The Hall–Kier alpha value is -1.23. The van der Waals surface area contributed by atoms with Crippen molar-refractivity contribution < 1.29 is 13.2 Å². The molecule has 116 valence electrons. The molecule has 0 aromatic heterocycles. The minimum atomic E-state index is -4.27. The van der Waals surface area contributed by atoms with Gasteiger partial charge in [0.1, 0.15) is 0 Å². The number of piperidine rings is 1. The Labute approximate surface area is 123 Å². The van der Waals surface area contributed by atoms with Gasteiger partial charge in [-0.15, -0.1) is 0 Å². The van der Waals surface area contributed by atoms with E-state index < -0.39 is 11.7 Å². The van der Waals surface area contributed by atoms with Crippen molar-refractivity contribution in [3.63, 3.8) is 0 Å². The van der Waals surface area contributed by atoms with Crippen molar-refractivity contribution in [2.24, 2.45) is 0 Å². The first-order chi connectivity index (χ1) is 10.0. The Bertz CT molecular complexity index is 489. The molecule has 1 N–H and O–H groups in total. The predicted octanol–water partition coefficient (Wildman–Crippen LogP) is 3.95. The molecule has 0 unspecified atom stereocenters. The Morgan fingerprint density at radius 2 is 1.81 bits per heavy atom. The van der Waals surface area contributed by atoms with E-state index in [0.717, 1.165) is 50.0 Å². The fourth-order valence-electron chi connectivity index (χ4n) is 2.89. The molecule has 0 atom stereocenters. The van der Waals surface area contributed by atoms with Crippen LogP contribution in [0.4, 0.5) is 18.9 Å². The molecule has 0 bridgehead atoms. The van der Waals surface area contributed by atoms with Gasteiger partial charge in [-0.3, -0.25) is 0 Å². The maximum atomic E-state index is 12.9. The van der Waals surface area contributed by atoms with Crippen LogP contribution in [0.15, 0.2) is 18.2 Å². The number of hydrogen-bond acceptors (Lipinski definition) is 2. The molecule has 5 heteroatoms. The highest BCUT2D eigenvalue weighted by Gasteiger charge is 2.31. The molecule has 1 aliphatic heterocycles. The topological polar surface area (TPSA) is 15.3 Å². The van der Waals surface area contributed by atoms with E-state index in [1.807, 2.05) is 0 Å². The summed E-state index contributed by atoms with van der Waals surface area (Å²) in [6, 6.07) is 4.68. The van der Waals surface area contributed by atoms with Crippen LogP contribution in [0.3, 0.4) is 0 Å². The summed E-state index contributed by atoms with van der Waals surface area (Å²) in [7, 11) is 0. The second-order valence-electron chi connectivity index (χ2n) is 6.04. The summed E-state index contributed by atoms with van der Waals surface area (Å²) in [6.07, 6.45) is 1.46. The Balaban J connectivity index is 1.84. The molecule has 2 nitrogen and oxygen atoms in total. The predicted molar refractivity (Wildman–Crippen MR) is 77.4 cm³/mol. The quantitative estimate of drug-likeness (QED) is 0.905. The fourth-order valence-corrected chi connectivity index (χ4v) is 2.89. The zero-order chi connectivity index (χ0) is 14.9. The van der Waals surface area contributed by atoms with E-state index in [0.29, 0.717) is 12.6 Å². The Morgan fingerprint density at radius 3 is 2.43 bits per heavy atom. The zero-order valence-electron chi connectivity index (χ0n) is 12.0. The highest BCUT2D eigenvalue weighted by molar-refractivity contribution is 5.55. The van der Waals surface area contributed by atoms with Crippen LogP contribution < -0.4 is 10.2 Å². The molecule has 2 fully saturated rings. The minimum Gasteiger partial charge on any atom is -0.371 e. The largest absolute Gasteiger partial charge is 0.416 e. The first-order valence-electron chi connectivity index (χ1n) is 7.72. The van der Waals surface area contributed by atoms with E-state index in [1.54, 1.807) is 6.07 Å². The maximum Gasteiger partial charge on any atom is 0.416 e. The summed E-state index contributed by atoms with van der Waals surface area (Å²) in [4.78, 5) is 2.23. The standard InChI is InChI=1S/C16H21F3N2/c17-16(18,19)13-4-7-15(21-8-2-1-3-9-21)12(10-13)11-20-14-5-6-14/h4,7,10,14,20H,1-3,5-6,8-9,11H2. The van der Waals surface area contributed by atoms with Crippen molar-refractivity contribution in [2.45, 2.75) is 50.9 Å². The number of rotatable bonds is 4. The summed E-state index contributed by atoms with van der Waals surface area (Å²) >= 11 is 0. The van der Waals surface area contributed by atoms with Crippen LogP contribution in [0.1, 0.15) is 43.2 Å². The van der Waals surface area contributed by atoms with Gasteiger partial charge in [0.2, 0.25) is 0 Å². The van der Waals surface area contributed by atoms with Crippen molar-refractivity contribution in [1.29, 1.82) is 0 Å². The lowest BCUT2D eigenvalue weighted by atomic mass is 10.0. The molecule has 1 saturated carbocycles. The first-order valence-corrected chi connectivity index (χ1v) is 7.72. The number of nitrogens with zero attached hydrogens (tertiary/aromatic N) is 1. The molecule has 0 radical (unpaired) electrons. The van der Waals surface area contributed by atoms with Crippen LogP contribution in [0.2, 0.25) is 0 Å². The monoisotopic (exact) mass is 298 g/mol. The van der Waals surface area contributed by atoms with Crippen molar-refractivity contribution >= 4 is 5.69 Å². The van der Waals surface area contributed by atoms with Gasteiger partial charge in [-0.2, -0.15) is 13.2 Å². The van der Waals surface area contributed by atoms with Crippen LogP contribution in [0, 0.1) is 0 Å². The van der Waals surface area contributed by atoms with Crippen LogP contribution in [0.5, 0.6) is 0 Å². The second-order valence-corrected chi connectivity index (χ2v) is 6.04. The number of hydrogen-bond donors (Lipinski definition) is 1. The van der Waals surface area contributed by atoms with Gasteiger partial charge in [-0.05, 0) is 55.9 Å². The lowest BCUT2D eigenvalue weighted by molar-refractivity contribution is -0.137. The van der Waals surface area contributed by atoms with Crippen molar-refractivity contribution in [1.82, 2.24) is 5.32 Å². The van der Waals surface area contributed by atoms with E-state index in [-0.39, 0.29) is 0 Å². The van der Waals surface area contributed by atoms with Gasteiger partial charge in [0.25, 0.3) is 0 Å². The van der Waals surface area contributed by atoms with Crippen molar-refractivity contribution in [2.75, 3.05) is 18.0 Å². The van der Waals surface area contributed by atoms with Crippen LogP contribution in [-0.4, -0.2) is 19.1 Å². The summed E-state index contributed by atoms with van der Waals surface area (Å²) in [6.45, 7) is 2.42. The van der Waals surface area contributed by atoms with Crippen molar-refractivity contribution in [3.05, 3.63) is 29.3 Å². The average Bonchev–Trinajstić information content (AvgIpc) is 3.29. The normalized spacial score (nSPS) is 19.9. The van der Waals surface area contributed by atoms with E-state index in [2.05, 4.69) is 10.2 Å².